The first-order chi connectivity index (χ1) is 6.66. The van der Waals surface area contributed by atoms with E-state index < -0.39 is 0 Å². The summed E-state index contributed by atoms with van der Waals surface area (Å²) < 4.78 is 1.07. The molecule has 0 aliphatic heterocycles. The molecule has 0 saturated carbocycles. The van der Waals surface area contributed by atoms with Crippen LogP contribution in [0.3, 0.4) is 0 Å². The molecular weight excluding hydrogens is 244 g/mol. The van der Waals surface area contributed by atoms with E-state index in [0.717, 1.165) is 4.47 Å². The summed E-state index contributed by atoms with van der Waals surface area (Å²) in [7, 11) is 1.50. The maximum absolute atomic E-state index is 9.81. The van der Waals surface area contributed by atoms with E-state index >= 15 is 0 Å². The standard InChI is InChI=1S/C5H4BrN.C4H8O.CH5N/c6-5-1-3-7-4-2-5;1-3-4(2)5;1-2/h1-4H;3H2,1-2H3;2H2,1H3. The fraction of sp³-hybridized carbons (Fsp3) is 0.400. The molecule has 0 amide bonds. The Kier molecular flexibility index (Phi) is 13.8. The molecule has 1 heterocycles. The van der Waals surface area contributed by atoms with Crippen LogP contribution in [-0.2, 0) is 4.79 Å². The van der Waals surface area contributed by atoms with Crippen molar-refractivity contribution in [3.05, 3.63) is 29.0 Å². The Morgan fingerprint density at radius 1 is 1.43 bits per heavy atom. The zero-order valence-corrected chi connectivity index (χ0v) is 10.4. The summed E-state index contributed by atoms with van der Waals surface area (Å²) in [6.07, 6.45) is 4.15. The van der Waals surface area contributed by atoms with E-state index in [0.29, 0.717) is 6.42 Å². The van der Waals surface area contributed by atoms with Gasteiger partial charge in [0.05, 0.1) is 0 Å². The van der Waals surface area contributed by atoms with E-state index in [1.54, 1.807) is 19.3 Å². The number of carbonyl (C=O) groups excluding carboxylic acids is 1. The van der Waals surface area contributed by atoms with E-state index in [4.69, 9.17) is 0 Å². The van der Waals surface area contributed by atoms with Gasteiger partial charge in [-0.2, -0.15) is 0 Å². The second kappa shape index (κ2) is 12.3. The number of nitrogens with zero attached hydrogens (tertiary/aromatic N) is 1. The summed E-state index contributed by atoms with van der Waals surface area (Å²) in [6.45, 7) is 3.43. The van der Waals surface area contributed by atoms with Gasteiger partial charge < -0.3 is 10.5 Å². The van der Waals surface area contributed by atoms with Crippen molar-refractivity contribution in [1.29, 1.82) is 0 Å². The topological polar surface area (TPSA) is 56.0 Å². The number of aromatic nitrogens is 1. The lowest BCUT2D eigenvalue weighted by molar-refractivity contribution is -0.116. The molecule has 2 N–H and O–H groups in total. The van der Waals surface area contributed by atoms with Crippen LogP contribution in [-0.4, -0.2) is 17.8 Å². The minimum atomic E-state index is 0.255. The number of pyridine rings is 1. The smallest absolute Gasteiger partial charge is 0.129 e. The average Bonchev–Trinajstić information content (AvgIpc) is 2.23. The van der Waals surface area contributed by atoms with Crippen molar-refractivity contribution in [3.8, 4) is 0 Å². The molecule has 80 valence electrons. The molecule has 0 fully saturated rings. The number of Topliss-reactive ketones (excluding diaryl/α,β-unsaturated/α-hetero) is 1. The molecule has 1 rings (SSSR count). The quantitative estimate of drug-likeness (QED) is 0.844. The first-order valence-electron chi connectivity index (χ1n) is 4.29. The highest BCUT2D eigenvalue weighted by atomic mass is 79.9. The lowest BCUT2D eigenvalue weighted by atomic mass is 10.4. The average molecular weight is 261 g/mol. The Bertz CT molecular complexity index is 227. The second-order valence-corrected chi connectivity index (χ2v) is 3.14. The van der Waals surface area contributed by atoms with Crippen molar-refractivity contribution < 1.29 is 4.79 Å². The van der Waals surface area contributed by atoms with E-state index in [9.17, 15) is 4.79 Å². The van der Waals surface area contributed by atoms with Crippen molar-refractivity contribution in [3.63, 3.8) is 0 Å². The van der Waals surface area contributed by atoms with Gasteiger partial charge in [0.1, 0.15) is 5.78 Å². The molecule has 0 saturated heterocycles. The Labute approximate surface area is 93.9 Å². The van der Waals surface area contributed by atoms with Crippen LogP contribution in [0, 0.1) is 0 Å². The summed E-state index contributed by atoms with van der Waals surface area (Å²) in [4.78, 5) is 13.6. The van der Waals surface area contributed by atoms with Crippen molar-refractivity contribution >= 4 is 21.7 Å². The highest BCUT2D eigenvalue weighted by molar-refractivity contribution is 9.10. The van der Waals surface area contributed by atoms with Crippen LogP contribution in [0.2, 0.25) is 0 Å². The molecule has 0 bridgehead atoms. The summed E-state index contributed by atoms with van der Waals surface area (Å²) in [5.41, 5.74) is 4.50. The third kappa shape index (κ3) is 13.8. The molecule has 1 aromatic heterocycles. The van der Waals surface area contributed by atoms with Gasteiger partial charge >= 0.3 is 0 Å². The SMILES string of the molecule is Brc1ccncc1.CCC(C)=O.CN. The number of ketones is 1. The van der Waals surface area contributed by atoms with Gasteiger partial charge in [-0.15, -0.1) is 0 Å². The van der Waals surface area contributed by atoms with Crippen LogP contribution in [0.25, 0.3) is 0 Å². The Balaban J connectivity index is 0. The summed E-state index contributed by atoms with van der Waals surface area (Å²) in [6, 6.07) is 3.78. The van der Waals surface area contributed by atoms with Gasteiger partial charge in [0.15, 0.2) is 0 Å². The third-order valence-electron chi connectivity index (χ3n) is 1.14. The van der Waals surface area contributed by atoms with Gasteiger partial charge in [-0.25, -0.2) is 0 Å². The highest BCUT2D eigenvalue weighted by Crippen LogP contribution is 2.03. The number of carbonyl (C=O) groups is 1. The number of hydrogen-bond acceptors (Lipinski definition) is 3. The van der Waals surface area contributed by atoms with Crippen LogP contribution in [0.1, 0.15) is 20.3 Å². The third-order valence-corrected chi connectivity index (χ3v) is 1.67. The molecule has 0 aromatic carbocycles. The maximum Gasteiger partial charge on any atom is 0.129 e. The number of rotatable bonds is 1. The van der Waals surface area contributed by atoms with Gasteiger partial charge in [0.25, 0.3) is 0 Å². The lowest BCUT2D eigenvalue weighted by Crippen LogP contribution is -1.80. The molecular formula is C10H17BrN2O. The first-order valence-corrected chi connectivity index (χ1v) is 5.08. The van der Waals surface area contributed by atoms with Crippen LogP contribution in [0.15, 0.2) is 29.0 Å². The summed E-state index contributed by atoms with van der Waals surface area (Å²) in [5, 5.41) is 0. The van der Waals surface area contributed by atoms with Crippen molar-refractivity contribution in [2.24, 2.45) is 5.73 Å². The fourth-order valence-electron chi connectivity index (χ4n) is 0.334. The molecule has 0 radical (unpaired) electrons. The van der Waals surface area contributed by atoms with E-state index in [-0.39, 0.29) is 5.78 Å². The predicted octanol–water partition coefficient (Wildman–Crippen LogP) is 2.40. The fourth-order valence-corrected chi connectivity index (χ4v) is 0.570. The lowest BCUT2D eigenvalue weighted by Gasteiger charge is -1.80. The van der Waals surface area contributed by atoms with Gasteiger partial charge in [-0.1, -0.05) is 22.9 Å². The van der Waals surface area contributed by atoms with E-state index in [1.165, 1.54) is 7.05 Å². The Hall–Kier alpha value is -0.740. The monoisotopic (exact) mass is 260 g/mol. The molecule has 0 atom stereocenters. The summed E-state index contributed by atoms with van der Waals surface area (Å²) in [5.74, 6) is 0.255. The van der Waals surface area contributed by atoms with Gasteiger partial charge in [-0.05, 0) is 26.1 Å². The van der Waals surface area contributed by atoms with Crippen molar-refractivity contribution in [2.45, 2.75) is 20.3 Å². The molecule has 14 heavy (non-hydrogen) atoms. The predicted molar refractivity (Wildman–Crippen MR) is 63.0 cm³/mol. The Morgan fingerprint density at radius 2 is 1.79 bits per heavy atom. The van der Waals surface area contributed by atoms with Gasteiger partial charge in [0.2, 0.25) is 0 Å². The van der Waals surface area contributed by atoms with E-state index in [1.807, 2.05) is 19.1 Å². The van der Waals surface area contributed by atoms with Crippen LogP contribution >= 0.6 is 15.9 Å². The molecule has 1 aromatic rings. The van der Waals surface area contributed by atoms with Crippen LogP contribution in [0.4, 0.5) is 0 Å². The van der Waals surface area contributed by atoms with Gasteiger partial charge in [-0.3, -0.25) is 4.98 Å². The largest absolute Gasteiger partial charge is 0.333 e. The molecule has 3 nitrogen and oxygen atoms in total. The molecule has 0 spiro atoms. The molecule has 0 unspecified atom stereocenters. The van der Waals surface area contributed by atoms with Crippen LogP contribution < -0.4 is 5.73 Å². The zero-order chi connectivity index (χ0) is 11.4. The second-order valence-electron chi connectivity index (χ2n) is 2.22. The summed E-state index contributed by atoms with van der Waals surface area (Å²) >= 11 is 3.27. The number of nitrogens with two attached hydrogens (primary N) is 1. The van der Waals surface area contributed by atoms with E-state index in [2.05, 4.69) is 26.6 Å². The van der Waals surface area contributed by atoms with Gasteiger partial charge in [0, 0.05) is 23.3 Å². The molecule has 0 aliphatic rings. The first kappa shape index (κ1) is 15.7. The molecule has 0 aliphatic carbocycles. The minimum Gasteiger partial charge on any atom is -0.333 e. The minimum absolute atomic E-state index is 0.255. The highest BCUT2D eigenvalue weighted by Gasteiger charge is 1.77. The zero-order valence-electron chi connectivity index (χ0n) is 8.83. The number of hydrogen-bond donors (Lipinski definition) is 1. The Morgan fingerprint density at radius 3 is 1.93 bits per heavy atom. The van der Waals surface area contributed by atoms with Crippen molar-refractivity contribution in [2.75, 3.05) is 7.05 Å². The van der Waals surface area contributed by atoms with Crippen LogP contribution in [0.5, 0.6) is 0 Å². The number of halogens is 1. The van der Waals surface area contributed by atoms with Crippen molar-refractivity contribution in [1.82, 2.24) is 4.98 Å². The maximum atomic E-state index is 9.81. The molecule has 4 heteroatoms. The normalized spacial score (nSPS) is 7.50.